The Balaban J connectivity index is 1.99. The molecule has 0 aliphatic heterocycles. The van der Waals surface area contributed by atoms with Crippen LogP contribution in [0, 0.1) is 5.82 Å². The minimum Gasteiger partial charge on any atom is -0.393 e. The summed E-state index contributed by atoms with van der Waals surface area (Å²) in [5.41, 5.74) is 0.815. The van der Waals surface area contributed by atoms with Crippen LogP contribution in [0.25, 0.3) is 5.82 Å². The van der Waals surface area contributed by atoms with Crippen molar-refractivity contribution in [2.45, 2.75) is 38.8 Å². The molecule has 0 unspecified atom stereocenters. The van der Waals surface area contributed by atoms with Crippen molar-refractivity contribution in [1.29, 1.82) is 0 Å². The van der Waals surface area contributed by atoms with E-state index in [-0.39, 0.29) is 18.4 Å². The largest absolute Gasteiger partial charge is 0.393 e. The lowest BCUT2D eigenvalue weighted by Gasteiger charge is -2.15. The normalized spacial score (nSPS) is 13.6. The molecule has 0 radical (unpaired) electrons. The SMILES string of the molecule is CC[C@H](O)CC(=O)N[C@@H](C)c1ccc(-n2cc(F)cn2)nc1. The zero-order valence-electron chi connectivity index (χ0n) is 12.5. The van der Waals surface area contributed by atoms with Gasteiger partial charge in [0, 0.05) is 6.20 Å². The zero-order valence-corrected chi connectivity index (χ0v) is 12.5. The highest BCUT2D eigenvalue weighted by Gasteiger charge is 2.13. The average molecular weight is 306 g/mol. The van der Waals surface area contributed by atoms with Gasteiger partial charge in [0.15, 0.2) is 11.6 Å². The van der Waals surface area contributed by atoms with Gasteiger partial charge < -0.3 is 10.4 Å². The first-order valence-electron chi connectivity index (χ1n) is 7.13. The summed E-state index contributed by atoms with van der Waals surface area (Å²) in [5.74, 6) is -0.145. The summed E-state index contributed by atoms with van der Waals surface area (Å²) in [6.45, 7) is 3.66. The van der Waals surface area contributed by atoms with Crippen molar-refractivity contribution in [3.8, 4) is 5.82 Å². The topological polar surface area (TPSA) is 80.0 Å². The summed E-state index contributed by atoms with van der Waals surface area (Å²) in [4.78, 5) is 15.9. The van der Waals surface area contributed by atoms with Crippen LogP contribution in [0.1, 0.15) is 38.3 Å². The lowest BCUT2D eigenvalue weighted by Crippen LogP contribution is -2.29. The van der Waals surface area contributed by atoms with Crippen LogP contribution in [0.5, 0.6) is 0 Å². The van der Waals surface area contributed by atoms with Crippen LogP contribution in [0.2, 0.25) is 0 Å². The highest BCUT2D eigenvalue weighted by Crippen LogP contribution is 2.13. The molecule has 2 aromatic heterocycles. The Labute approximate surface area is 128 Å². The summed E-state index contributed by atoms with van der Waals surface area (Å²) >= 11 is 0. The van der Waals surface area contributed by atoms with E-state index in [9.17, 15) is 14.3 Å². The number of halogens is 1. The number of aliphatic hydroxyl groups excluding tert-OH is 1. The Morgan fingerprint density at radius 3 is 2.77 bits per heavy atom. The molecule has 2 rings (SSSR count). The van der Waals surface area contributed by atoms with Gasteiger partial charge in [0.05, 0.1) is 31.0 Å². The molecule has 0 bridgehead atoms. The van der Waals surface area contributed by atoms with Crippen LogP contribution in [0.3, 0.4) is 0 Å². The predicted molar refractivity (Wildman–Crippen MR) is 78.8 cm³/mol. The van der Waals surface area contributed by atoms with Gasteiger partial charge in [-0.1, -0.05) is 13.0 Å². The molecular formula is C15H19FN4O2. The zero-order chi connectivity index (χ0) is 16.1. The summed E-state index contributed by atoms with van der Waals surface area (Å²) in [5, 5.41) is 16.1. The number of nitrogens with zero attached hydrogens (tertiary/aromatic N) is 3. The van der Waals surface area contributed by atoms with Crippen LogP contribution in [0.4, 0.5) is 4.39 Å². The van der Waals surface area contributed by atoms with Crippen LogP contribution in [-0.4, -0.2) is 31.9 Å². The van der Waals surface area contributed by atoms with Crippen molar-refractivity contribution in [2.75, 3.05) is 0 Å². The van der Waals surface area contributed by atoms with Crippen molar-refractivity contribution >= 4 is 5.91 Å². The third-order valence-corrected chi connectivity index (χ3v) is 3.33. The van der Waals surface area contributed by atoms with E-state index in [1.54, 1.807) is 18.3 Å². The van der Waals surface area contributed by atoms with Crippen molar-refractivity contribution in [1.82, 2.24) is 20.1 Å². The number of rotatable bonds is 6. The first kappa shape index (κ1) is 16.1. The number of hydrogen-bond donors (Lipinski definition) is 2. The lowest BCUT2D eigenvalue weighted by atomic mass is 10.1. The standard InChI is InChI=1S/C15H19FN4O2/c1-3-13(21)6-15(22)19-10(2)11-4-5-14(17-7-11)20-9-12(16)8-18-20/h4-5,7-10,13,21H,3,6H2,1-2H3,(H,19,22)/t10-,13-/m0/s1. The second-order valence-electron chi connectivity index (χ2n) is 5.11. The van der Waals surface area contributed by atoms with Gasteiger partial charge in [0.1, 0.15) is 0 Å². The van der Waals surface area contributed by atoms with Crippen LogP contribution in [-0.2, 0) is 4.79 Å². The highest BCUT2D eigenvalue weighted by molar-refractivity contribution is 5.76. The molecule has 0 saturated carbocycles. The third-order valence-electron chi connectivity index (χ3n) is 3.33. The predicted octanol–water partition coefficient (Wildman–Crippen LogP) is 1.74. The second kappa shape index (κ2) is 7.13. The molecule has 6 nitrogen and oxygen atoms in total. The summed E-state index contributed by atoms with van der Waals surface area (Å²) < 4.78 is 14.3. The van der Waals surface area contributed by atoms with E-state index >= 15 is 0 Å². The van der Waals surface area contributed by atoms with Gasteiger partial charge in [-0.05, 0) is 25.0 Å². The Morgan fingerprint density at radius 2 is 2.23 bits per heavy atom. The van der Waals surface area contributed by atoms with E-state index in [2.05, 4.69) is 15.4 Å². The van der Waals surface area contributed by atoms with E-state index in [0.29, 0.717) is 12.2 Å². The molecule has 2 heterocycles. The number of hydrogen-bond acceptors (Lipinski definition) is 4. The van der Waals surface area contributed by atoms with E-state index < -0.39 is 11.9 Å². The molecule has 118 valence electrons. The lowest BCUT2D eigenvalue weighted by molar-refractivity contribution is -0.123. The maximum absolute atomic E-state index is 12.9. The number of carbonyl (C=O) groups excluding carboxylic acids is 1. The van der Waals surface area contributed by atoms with E-state index in [0.717, 1.165) is 11.8 Å². The Hall–Kier alpha value is -2.28. The fourth-order valence-corrected chi connectivity index (χ4v) is 1.96. The first-order valence-corrected chi connectivity index (χ1v) is 7.13. The van der Waals surface area contributed by atoms with Crippen molar-refractivity contribution in [3.63, 3.8) is 0 Å². The minimum absolute atomic E-state index is 0.0823. The monoisotopic (exact) mass is 306 g/mol. The Morgan fingerprint density at radius 1 is 1.45 bits per heavy atom. The Kier molecular flexibility index (Phi) is 5.21. The minimum atomic E-state index is -0.623. The summed E-state index contributed by atoms with van der Waals surface area (Å²) in [7, 11) is 0. The number of aliphatic hydroxyl groups is 1. The fraction of sp³-hybridized carbons (Fsp3) is 0.400. The molecule has 0 aliphatic rings. The highest BCUT2D eigenvalue weighted by atomic mass is 19.1. The number of pyridine rings is 1. The number of amides is 1. The maximum Gasteiger partial charge on any atom is 0.223 e. The molecule has 0 saturated heterocycles. The molecular weight excluding hydrogens is 287 g/mol. The molecule has 2 atom stereocenters. The third kappa shape index (κ3) is 4.11. The van der Waals surface area contributed by atoms with Crippen molar-refractivity contribution < 1.29 is 14.3 Å². The molecule has 2 N–H and O–H groups in total. The smallest absolute Gasteiger partial charge is 0.223 e. The molecule has 0 fully saturated rings. The molecule has 7 heteroatoms. The van der Waals surface area contributed by atoms with Crippen LogP contribution in [0.15, 0.2) is 30.7 Å². The Bertz CT molecular complexity index is 627. The van der Waals surface area contributed by atoms with Gasteiger partial charge in [-0.25, -0.2) is 14.1 Å². The summed E-state index contributed by atoms with van der Waals surface area (Å²) in [6.07, 6.45) is 3.95. The molecule has 0 spiro atoms. The maximum atomic E-state index is 12.9. The van der Waals surface area contributed by atoms with Gasteiger partial charge in [-0.15, -0.1) is 0 Å². The fourth-order valence-electron chi connectivity index (χ4n) is 1.96. The van der Waals surface area contributed by atoms with Gasteiger partial charge in [-0.2, -0.15) is 5.10 Å². The van der Waals surface area contributed by atoms with E-state index in [4.69, 9.17) is 0 Å². The van der Waals surface area contributed by atoms with Gasteiger partial charge in [0.2, 0.25) is 5.91 Å². The quantitative estimate of drug-likeness (QED) is 0.852. The molecule has 2 aromatic rings. The molecule has 1 amide bonds. The van der Waals surface area contributed by atoms with E-state index in [1.165, 1.54) is 10.9 Å². The van der Waals surface area contributed by atoms with Crippen LogP contribution >= 0.6 is 0 Å². The van der Waals surface area contributed by atoms with Crippen molar-refractivity contribution in [3.05, 3.63) is 42.1 Å². The number of aromatic nitrogens is 3. The van der Waals surface area contributed by atoms with E-state index in [1.807, 2.05) is 13.8 Å². The van der Waals surface area contributed by atoms with Gasteiger partial charge in [-0.3, -0.25) is 4.79 Å². The molecule has 0 aliphatic carbocycles. The first-order chi connectivity index (χ1) is 10.5. The van der Waals surface area contributed by atoms with Crippen LogP contribution < -0.4 is 5.32 Å². The molecule has 0 aromatic carbocycles. The second-order valence-corrected chi connectivity index (χ2v) is 5.11. The number of carbonyl (C=O) groups is 1. The number of nitrogens with one attached hydrogen (secondary N) is 1. The molecule has 22 heavy (non-hydrogen) atoms. The summed E-state index contributed by atoms with van der Waals surface area (Å²) in [6, 6.07) is 3.27. The average Bonchev–Trinajstić information content (AvgIpc) is 2.93. The van der Waals surface area contributed by atoms with Gasteiger partial charge in [0.25, 0.3) is 0 Å². The van der Waals surface area contributed by atoms with Crippen molar-refractivity contribution in [2.24, 2.45) is 0 Å². The van der Waals surface area contributed by atoms with Gasteiger partial charge >= 0.3 is 0 Å².